The van der Waals surface area contributed by atoms with Gasteiger partial charge in [0, 0.05) is 12.7 Å². The number of benzene rings is 1. The molecule has 3 N–H and O–H groups in total. The molecule has 0 fully saturated rings. The van der Waals surface area contributed by atoms with Crippen molar-refractivity contribution < 1.29 is 4.39 Å². The van der Waals surface area contributed by atoms with E-state index in [4.69, 9.17) is 10.7 Å². The first-order valence-corrected chi connectivity index (χ1v) is 10.9. The van der Waals surface area contributed by atoms with Gasteiger partial charge < -0.3 is 11.1 Å². The lowest BCUT2D eigenvalue weighted by Gasteiger charge is -2.15. The molecule has 0 aliphatic rings. The summed E-state index contributed by atoms with van der Waals surface area (Å²) in [4.78, 5) is 18.7. The van der Waals surface area contributed by atoms with Crippen LogP contribution in [0.1, 0.15) is 17.0 Å². The van der Waals surface area contributed by atoms with Gasteiger partial charge in [-0.25, -0.2) is 14.1 Å². The highest BCUT2D eigenvalue weighted by molar-refractivity contribution is 14.1. The zero-order chi connectivity index (χ0) is 21.6. The van der Waals surface area contributed by atoms with Gasteiger partial charge in [0.2, 0.25) is 0 Å². The van der Waals surface area contributed by atoms with Crippen LogP contribution in [0.4, 0.5) is 10.2 Å². The predicted octanol–water partition coefficient (Wildman–Crippen LogP) is 3.72. The molecule has 7 nitrogen and oxygen atoms in total. The van der Waals surface area contributed by atoms with Gasteiger partial charge in [0.1, 0.15) is 32.5 Å². The van der Waals surface area contributed by atoms with E-state index in [9.17, 15) is 9.18 Å². The van der Waals surface area contributed by atoms with Crippen molar-refractivity contribution in [2.24, 2.45) is 5.73 Å². The van der Waals surface area contributed by atoms with Gasteiger partial charge in [-0.05, 0) is 52.6 Å². The SMILES string of the molecule is C=C(N)c1c(I)nn(Cc2nc3scc(C)c3c(=O)n2-c2ccccc2F)c1NC. The fourth-order valence-electron chi connectivity index (χ4n) is 3.38. The monoisotopic (exact) mass is 536 g/mol. The number of nitrogens with two attached hydrogens (primary N) is 1. The van der Waals surface area contributed by atoms with E-state index in [-0.39, 0.29) is 17.8 Å². The number of hydrogen-bond acceptors (Lipinski definition) is 6. The van der Waals surface area contributed by atoms with Gasteiger partial charge in [-0.3, -0.25) is 9.36 Å². The number of rotatable bonds is 5. The summed E-state index contributed by atoms with van der Waals surface area (Å²) >= 11 is 3.46. The number of aromatic nitrogens is 4. The van der Waals surface area contributed by atoms with Crippen molar-refractivity contribution in [3.05, 3.63) is 73.0 Å². The lowest BCUT2D eigenvalue weighted by molar-refractivity contribution is 0.597. The third-order valence-electron chi connectivity index (χ3n) is 4.71. The number of anilines is 1. The number of fused-ring (bicyclic) bond motifs is 1. The molecule has 0 aliphatic heterocycles. The maximum Gasteiger partial charge on any atom is 0.267 e. The summed E-state index contributed by atoms with van der Waals surface area (Å²) in [6.07, 6.45) is 0. The average molecular weight is 536 g/mol. The third kappa shape index (κ3) is 3.29. The van der Waals surface area contributed by atoms with E-state index in [1.165, 1.54) is 22.0 Å². The third-order valence-corrected chi connectivity index (χ3v) is 6.46. The van der Waals surface area contributed by atoms with Crippen LogP contribution in [0.3, 0.4) is 0 Å². The van der Waals surface area contributed by atoms with Gasteiger partial charge in [-0.2, -0.15) is 5.10 Å². The summed E-state index contributed by atoms with van der Waals surface area (Å²) in [7, 11) is 1.75. The summed E-state index contributed by atoms with van der Waals surface area (Å²) in [5, 5.41) is 9.97. The van der Waals surface area contributed by atoms with E-state index in [1.54, 1.807) is 29.9 Å². The largest absolute Gasteiger partial charge is 0.399 e. The summed E-state index contributed by atoms with van der Waals surface area (Å²) in [6, 6.07) is 6.15. The smallest absolute Gasteiger partial charge is 0.267 e. The Balaban J connectivity index is 1.99. The van der Waals surface area contributed by atoms with Crippen molar-refractivity contribution in [2.75, 3.05) is 12.4 Å². The molecule has 4 rings (SSSR count). The highest BCUT2D eigenvalue weighted by Gasteiger charge is 2.22. The van der Waals surface area contributed by atoms with Crippen LogP contribution in [0.25, 0.3) is 21.6 Å². The molecule has 30 heavy (non-hydrogen) atoms. The normalized spacial score (nSPS) is 11.2. The number of para-hydroxylation sites is 1. The molecule has 0 bridgehead atoms. The molecule has 0 unspecified atom stereocenters. The molecule has 3 heterocycles. The minimum absolute atomic E-state index is 0.135. The molecule has 154 valence electrons. The van der Waals surface area contributed by atoms with Gasteiger partial charge >= 0.3 is 0 Å². The van der Waals surface area contributed by atoms with Crippen molar-refractivity contribution in [3.8, 4) is 5.69 Å². The number of nitrogens with one attached hydrogen (secondary N) is 1. The van der Waals surface area contributed by atoms with E-state index in [0.29, 0.717) is 36.8 Å². The molecule has 0 radical (unpaired) electrons. The number of nitrogens with zero attached hydrogens (tertiary/aromatic N) is 4. The van der Waals surface area contributed by atoms with Gasteiger partial charge in [0.05, 0.1) is 16.6 Å². The quantitative estimate of drug-likeness (QED) is 0.380. The van der Waals surface area contributed by atoms with Gasteiger partial charge in [-0.1, -0.05) is 18.7 Å². The molecule has 0 aliphatic carbocycles. The summed E-state index contributed by atoms with van der Waals surface area (Å²) < 4.78 is 18.3. The van der Waals surface area contributed by atoms with Crippen LogP contribution >= 0.6 is 33.9 Å². The molecule has 4 aromatic rings. The summed E-state index contributed by atoms with van der Waals surface area (Å²) in [5.74, 6) is 0.502. The number of halogens is 2. The summed E-state index contributed by atoms with van der Waals surface area (Å²) in [5.41, 5.74) is 7.64. The maximum absolute atomic E-state index is 14.7. The Hall–Kier alpha value is -2.73. The minimum Gasteiger partial charge on any atom is -0.399 e. The van der Waals surface area contributed by atoms with Crippen LogP contribution in [0.15, 0.2) is 41.0 Å². The Morgan fingerprint density at radius 1 is 1.40 bits per heavy atom. The van der Waals surface area contributed by atoms with Crippen LogP contribution in [0, 0.1) is 16.4 Å². The topological polar surface area (TPSA) is 90.8 Å². The van der Waals surface area contributed by atoms with Gasteiger partial charge in [0.15, 0.2) is 0 Å². The van der Waals surface area contributed by atoms with Gasteiger partial charge in [-0.15, -0.1) is 11.3 Å². The molecule has 0 atom stereocenters. The molecule has 10 heteroatoms. The Bertz CT molecular complexity index is 1360. The van der Waals surface area contributed by atoms with Crippen molar-refractivity contribution in [1.29, 1.82) is 0 Å². The Labute approximate surface area is 189 Å². The first-order chi connectivity index (χ1) is 14.3. The fraction of sp³-hybridized carbons (Fsp3) is 0.150. The average Bonchev–Trinajstić information content (AvgIpc) is 3.22. The Kier molecular flexibility index (Phi) is 5.36. The van der Waals surface area contributed by atoms with Crippen LogP contribution in [-0.4, -0.2) is 26.4 Å². The van der Waals surface area contributed by atoms with Crippen LogP contribution < -0.4 is 16.6 Å². The molecular formula is C20H18FIN6OS. The molecular weight excluding hydrogens is 518 g/mol. The number of thiophene rings is 1. The molecule has 0 saturated heterocycles. The van der Waals surface area contributed by atoms with Crippen molar-refractivity contribution in [1.82, 2.24) is 19.3 Å². The van der Waals surface area contributed by atoms with Crippen LogP contribution in [-0.2, 0) is 6.54 Å². The van der Waals surface area contributed by atoms with Crippen molar-refractivity contribution >= 4 is 55.7 Å². The van der Waals surface area contributed by atoms with Crippen molar-refractivity contribution in [3.63, 3.8) is 0 Å². The molecule has 3 aromatic heterocycles. The second-order valence-electron chi connectivity index (χ2n) is 6.67. The lowest BCUT2D eigenvalue weighted by atomic mass is 10.2. The van der Waals surface area contributed by atoms with E-state index in [0.717, 1.165) is 5.56 Å². The van der Waals surface area contributed by atoms with E-state index >= 15 is 0 Å². The van der Waals surface area contributed by atoms with Crippen LogP contribution in [0.2, 0.25) is 0 Å². The zero-order valence-electron chi connectivity index (χ0n) is 16.2. The molecule has 1 aromatic carbocycles. The Morgan fingerprint density at radius 2 is 2.13 bits per heavy atom. The fourth-order valence-corrected chi connectivity index (χ4v) is 5.17. The molecule has 0 amide bonds. The van der Waals surface area contributed by atoms with E-state index in [2.05, 4.69) is 39.6 Å². The molecule has 0 spiro atoms. The van der Waals surface area contributed by atoms with E-state index in [1.807, 2.05) is 12.3 Å². The van der Waals surface area contributed by atoms with Crippen LogP contribution in [0.5, 0.6) is 0 Å². The first-order valence-electron chi connectivity index (χ1n) is 8.97. The van der Waals surface area contributed by atoms with Crippen molar-refractivity contribution in [2.45, 2.75) is 13.5 Å². The number of hydrogen-bond donors (Lipinski definition) is 2. The predicted molar refractivity (Wildman–Crippen MR) is 127 cm³/mol. The Morgan fingerprint density at radius 3 is 2.80 bits per heavy atom. The highest BCUT2D eigenvalue weighted by Crippen LogP contribution is 2.27. The van der Waals surface area contributed by atoms with Gasteiger partial charge in [0.25, 0.3) is 5.56 Å². The lowest BCUT2D eigenvalue weighted by Crippen LogP contribution is -2.26. The summed E-state index contributed by atoms with van der Waals surface area (Å²) in [6.45, 7) is 5.79. The highest BCUT2D eigenvalue weighted by atomic mass is 127. The zero-order valence-corrected chi connectivity index (χ0v) is 19.2. The second kappa shape index (κ2) is 7.84. The second-order valence-corrected chi connectivity index (χ2v) is 8.55. The maximum atomic E-state index is 14.7. The first kappa shape index (κ1) is 20.5. The minimum atomic E-state index is -0.505. The molecule has 0 saturated carbocycles. The van der Waals surface area contributed by atoms with E-state index < -0.39 is 5.82 Å². The standard InChI is InChI=1S/C20H18FIN6OS/c1-10-9-30-19-15(10)20(29)28(13-7-5-4-6-12(13)21)14(25-19)8-27-18(24-3)16(11(2)23)17(22)26-27/h4-7,9,24H,2,8,23H2,1,3H3. The number of aryl methyl sites for hydroxylation is 1.